The highest BCUT2D eigenvalue weighted by molar-refractivity contribution is 9.10. The van der Waals surface area contributed by atoms with Gasteiger partial charge in [0.15, 0.2) is 0 Å². The molecule has 2 N–H and O–H groups in total. The smallest absolute Gasteiger partial charge is 0.238 e. The zero-order valence-electron chi connectivity index (χ0n) is 10.7. The first-order valence-corrected chi connectivity index (χ1v) is 6.82. The van der Waals surface area contributed by atoms with Gasteiger partial charge in [-0.25, -0.2) is 0 Å². The number of hydrogen-bond acceptors (Lipinski definition) is 3. The van der Waals surface area contributed by atoms with Gasteiger partial charge in [-0.1, -0.05) is 6.07 Å². The van der Waals surface area contributed by atoms with E-state index in [1.165, 1.54) is 0 Å². The summed E-state index contributed by atoms with van der Waals surface area (Å²) in [5, 5.41) is 6.12. The van der Waals surface area contributed by atoms with Crippen LogP contribution >= 0.6 is 15.9 Å². The van der Waals surface area contributed by atoms with Crippen LogP contribution in [0, 0.1) is 6.92 Å². The van der Waals surface area contributed by atoms with Crippen LogP contribution in [0.4, 0.5) is 5.69 Å². The maximum atomic E-state index is 11.9. The quantitative estimate of drug-likeness (QED) is 0.888. The molecule has 0 radical (unpaired) electrons. The minimum absolute atomic E-state index is 0.0222. The van der Waals surface area contributed by atoms with Crippen molar-refractivity contribution in [1.82, 2.24) is 10.2 Å². The maximum Gasteiger partial charge on any atom is 0.238 e. The van der Waals surface area contributed by atoms with Crippen molar-refractivity contribution in [2.45, 2.75) is 13.0 Å². The number of likely N-dealkylation sites (N-methyl/N-ethyl adjacent to an activating group) is 1. The van der Waals surface area contributed by atoms with Crippen LogP contribution in [0.1, 0.15) is 5.56 Å². The molecule has 1 aromatic carbocycles. The fourth-order valence-electron chi connectivity index (χ4n) is 1.85. The summed E-state index contributed by atoms with van der Waals surface area (Å²) in [6.07, 6.45) is 0. The Labute approximate surface area is 116 Å². The van der Waals surface area contributed by atoms with E-state index < -0.39 is 0 Å². The molecule has 1 aromatic rings. The summed E-state index contributed by atoms with van der Waals surface area (Å²) < 4.78 is 0.920. The molecule has 0 atom stereocenters. The number of rotatable bonds is 4. The predicted octanol–water partition coefficient (Wildman–Crippen LogP) is 1.60. The van der Waals surface area contributed by atoms with Gasteiger partial charge in [0.05, 0.1) is 12.2 Å². The van der Waals surface area contributed by atoms with E-state index in [9.17, 15) is 4.79 Å². The molecule has 0 aromatic heterocycles. The molecule has 0 saturated carbocycles. The van der Waals surface area contributed by atoms with Crippen molar-refractivity contribution in [3.05, 3.63) is 28.2 Å². The Morgan fingerprint density at radius 3 is 2.83 bits per heavy atom. The van der Waals surface area contributed by atoms with Crippen LogP contribution in [0.3, 0.4) is 0 Å². The molecule has 1 amide bonds. The van der Waals surface area contributed by atoms with Gasteiger partial charge in [-0.2, -0.15) is 0 Å². The molecule has 1 aliphatic heterocycles. The summed E-state index contributed by atoms with van der Waals surface area (Å²) >= 11 is 3.46. The average Bonchev–Trinajstić information content (AvgIpc) is 2.19. The lowest BCUT2D eigenvalue weighted by Gasteiger charge is -2.35. The lowest BCUT2D eigenvalue weighted by molar-refractivity contribution is -0.117. The van der Waals surface area contributed by atoms with Crippen LogP contribution in [0.15, 0.2) is 22.7 Å². The van der Waals surface area contributed by atoms with E-state index >= 15 is 0 Å². The molecular weight excluding hydrogens is 294 g/mol. The van der Waals surface area contributed by atoms with Crippen LogP contribution in [0.25, 0.3) is 0 Å². The molecule has 98 valence electrons. The van der Waals surface area contributed by atoms with Crippen LogP contribution in [0.2, 0.25) is 0 Å². The molecule has 18 heavy (non-hydrogen) atoms. The average molecular weight is 312 g/mol. The van der Waals surface area contributed by atoms with Crippen molar-refractivity contribution in [2.75, 3.05) is 32.0 Å². The highest BCUT2D eigenvalue weighted by Crippen LogP contribution is 2.23. The first-order valence-electron chi connectivity index (χ1n) is 6.03. The summed E-state index contributed by atoms with van der Waals surface area (Å²) in [5.74, 6) is 0.0222. The Hall–Kier alpha value is -0.910. The number of halogens is 1. The number of anilines is 1. The lowest BCUT2D eigenvalue weighted by atomic mass is 10.1. The number of nitrogens with one attached hydrogen (secondary N) is 2. The Morgan fingerprint density at radius 2 is 2.28 bits per heavy atom. The maximum absolute atomic E-state index is 11.9. The molecule has 1 aliphatic rings. The van der Waals surface area contributed by atoms with E-state index in [2.05, 4.69) is 31.5 Å². The fourth-order valence-corrected chi connectivity index (χ4v) is 2.44. The first-order chi connectivity index (χ1) is 8.56. The van der Waals surface area contributed by atoms with E-state index in [4.69, 9.17) is 0 Å². The van der Waals surface area contributed by atoms with Crippen molar-refractivity contribution in [3.63, 3.8) is 0 Å². The van der Waals surface area contributed by atoms with Gasteiger partial charge in [0, 0.05) is 23.6 Å². The molecule has 0 bridgehead atoms. The number of carbonyl (C=O) groups is 1. The Balaban J connectivity index is 1.90. The van der Waals surface area contributed by atoms with Gasteiger partial charge in [0.25, 0.3) is 0 Å². The van der Waals surface area contributed by atoms with Crippen molar-refractivity contribution in [1.29, 1.82) is 0 Å². The Bertz CT molecular complexity index is 446. The standard InChI is InChI=1S/C13H18BrN3O/c1-9-3-4-12(11(14)5-9)16-13(18)8-17(2)10-6-15-7-10/h3-5,10,15H,6-8H2,1-2H3,(H,16,18). The van der Waals surface area contributed by atoms with E-state index in [1.54, 1.807) is 0 Å². The largest absolute Gasteiger partial charge is 0.324 e. The number of nitrogens with zero attached hydrogens (tertiary/aromatic N) is 1. The Kier molecular flexibility index (Phi) is 4.37. The normalized spacial score (nSPS) is 15.6. The molecular formula is C13H18BrN3O. The first kappa shape index (κ1) is 13.5. The monoisotopic (exact) mass is 311 g/mol. The molecule has 1 heterocycles. The van der Waals surface area contributed by atoms with Crippen LogP contribution in [-0.2, 0) is 4.79 Å². The second kappa shape index (κ2) is 5.82. The van der Waals surface area contributed by atoms with Crippen molar-refractivity contribution in [2.24, 2.45) is 0 Å². The highest BCUT2D eigenvalue weighted by Gasteiger charge is 2.22. The summed E-state index contributed by atoms with van der Waals surface area (Å²) in [5.41, 5.74) is 1.99. The predicted molar refractivity (Wildman–Crippen MR) is 76.8 cm³/mol. The third-order valence-electron chi connectivity index (χ3n) is 3.17. The van der Waals surface area contributed by atoms with Gasteiger partial charge < -0.3 is 10.6 Å². The van der Waals surface area contributed by atoms with Crippen LogP contribution < -0.4 is 10.6 Å². The highest BCUT2D eigenvalue weighted by atomic mass is 79.9. The molecule has 0 unspecified atom stereocenters. The minimum atomic E-state index is 0.0222. The van der Waals surface area contributed by atoms with E-state index in [0.29, 0.717) is 12.6 Å². The van der Waals surface area contributed by atoms with Crippen molar-refractivity contribution in [3.8, 4) is 0 Å². The number of carbonyl (C=O) groups excluding carboxylic acids is 1. The van der Waals surface area contributed by atoms with Gasteiger partial charge in [0.1, 0.15) is 0 Å². The van der Waals surface area contributed by atoms with Crippen molar-refractivity contribution >= 4 is 27.5 Å². The SMILES string of the molecule is Cc1ccc(NC(=O)CN(C)C2CNC2)c(Br)c1. The van der Waals surface area contributed by atoms with E-state index in [0.717, 1.165) is 28.8 Å². The number of hydrogen-bond donors (Lipinski definition) is 2. The molecule has 1 saturated heterocycles. The van der Waals surface area contributed by atoms with Gasteiger partial charge in [-0.15, -0.1) is 0 Å². The molecule has 1 fully saturated rings. The topological polar surface area (TPSA) is 44.4 Å². The minimum Gasteiger partial charge on any atom is -0.324 e. The third-order valence-corrected chi connectivity index (χ3v) is 3.83. The molecule has 5 heteroatoms. The summed E-state index contributed by atoms with van der Waals surface area (Å²) in [4.78, 5) is 14.0. The van der Waals surface area contributed by atoms with Gasteiger partial charge in [-0.05, 0) is 47.6 Å². The van der Waals surface area contributed by atoms with Crippen molar-refractivity contribution < 1.29 is 4.79 Å². The summed E-state index contributed by atoms with van der Waals surface area (Å²) in [7, 11) is 1.98. The molecule has 4 nitrogen and oxygen atoms in total. The number of benzene rings is 1. The van der Waals surface area contributed by atoms with Gasteiger partial charge >= 0.3 is 0 Å². The third kappa shape index (κ3) is 3.31. The van der Waals surface area contributed by atoms with Crippen LogP contribution in [-0.4, -0.2) is 43.5 Å². The van der Waals surface area contributed by atoms with Crippen LogP contribution in [0.5, 0.6) is 0 Å². The second-order valence-corrected chi connectivity index (χ2v) is 5.61. The molecule has 0 aliphatic carbocycles. The second-order valence-electron chi connectivity index (χ2n) is 4.76. The zero-order valence-corrected chi connectivity index (χ0v) is 12.3. The lowest BCUT2D eigenvalue weighted by Crippen LogP contribution is -2.57. The molecule has 2 rings (SSSR count). The summed E-state index contributed by atoms with van der Waals surface area (Å²) in [6.45, 7) is 4.39. The number of amides is 1. The fraction of sp³-hybridized carbons (Fsp3) is 0.462. The summed E-state index contributed by atoms with van der Waals surface area (Å²) in [6, 6.07) is 6.38. The van der Waals surface area contributed by atoms with E-state index in [1.807, 2.05) is 32.2 Å². The number of aryl methyl sites for hydroxylation is 1. The zero-order chi connectivity index (χ0) is 13.1. The van der Waals surface area contributed by atoms with Gasteiger partial charge in [0.2, 0.25) is 5.91 Å². The van der Waals surface area contributed by atoms with Gasteiger partial charge in [-0.3, -0.25) is 9.69 Å². The Morgan fingerprint density at radius 1 is 1.56 bits per heavy atom. The van der Waals surface area contributed by atoms with E-state index in [-0.39, 0.29) is 5.91 Å². The molecule has 0 spiro atoms.